The number of rotatable bonds is 4. The fourth-order valence-electron chi connectivity index (χ4n) is 1.47. The van der Waals surface area contributed by atoms with Crippen LogP contribution in [0.15, 0.2) is 6.20 Å². The molecule has 0 spiro atoms. The number of nitrogens with zero attached hydrogens (tertiary/aromatic N) is 4. The summed E-state index contributed by atoms with van der Waals surface area (Å²) in [5.74, 6) is 0.777. The van der Waals surface area contributed by atoms with E-state index in [-0.39, 0.29) is 5.28 Å². The molecule has 5 heteroatoms. The Morgan fingerprint density at radius 2 is 2.07 bits per heavy atom. The molecular formula is C9H15ClN4. The van der Waals surface area contributed by atoms with Gasteiger partial charge in [-0.2, -0.15) is 10.1 Å². The van der Waals surface area contributed by atoms with Gasteiger partial charge >= 0.3 is 0 Å². The fourth-order valence-corrected chi connectivity index (χ4v) is 1.60. The Bertz CT molecular complexity index is 288. The Kier molecular flexibility index (Phi) is 4.07. The van der Waals surface area contributed by atoms with Crippen molar-refractivity contribution < 1.29 is 0 Å². The summed E-state index contributed by atoms with van der Waals surface area (Å²) in [6.07, 6.45) is 3.79. The van der Waals surface area contributed by atoms with Crippen molar-refractivity contribution in [2.75, 3.05) is 11.9 Å². The van der Waals surface area contributed by atoms with Gasteiger partial charge in [0.05, 0.1) is 6.20 Å². The minimum atomic E-state index is 0.195. The molecule has 0 saturated heterocycles. The van der Waals surface area contributed by atoms with Crippen LogP contribution in [0, 0.1) is 0 Å². The molecule has 0 bridgehead atoms. The summed E-state index contributed by atoms with van der Waals surface area (Å²) in [7, 11) is 2.00. The zero-order chi connectivity index (χ0) is 10.6. The summed E-state index contributed by atoms with van der Waals surface area (Å²) in [6.45, 7) is 4.31. The van der Waals surface area contributed by atoms with E-state index < -0.39 is 0 Å². The Hall–Kier alpha value is -0.900. The number of halogens is 1. The fraction of sp³-hybridized carbons (Fsp3) is 0.667. The highest BCUT2D eigenvalue weighted by Crippen LogP contribution is 2.15. The maximum atomic E-state index is 5.67. The SMILES string of the molecule is CCC(CC)N(C)c1cnnc(Cl)n1. The van der Waals surface area contributed by atoms with Gasteiger partial charge in [0, 0.05) is 13.1 Å². The van der Waals surface area contributed by atoms with Crippen LogP contribution in [0.5, 0.6) is 0 Å². The van der Waals surface area contributed by atoms with Gasteiger partial charge in [0.2, 0.25) is 5.28 Å². The third kappa shape index (κ3) is 2.54. The smallest absolute Gasteiger partial charge is 0.244 e. The van der Waals surface area contributed by atoms with Crippen LogP contribution in [0.3, 0.4) is 0 Å². The van der Waals surface area contributed by atoms with Crippen molar-refractivity contribution in [3.63, 3.8) is 0 Å². The van der Waals surface area contributed by atoms with Gasteiger partial charge in [-0.3, -0.25) is 0 Å². The van der Waals surface area contributed by atoms with Crippen molar-refractivity contribution >= 4 is 17.4 Å². The Morgan fingerprint density at radius 3 is 2.57 bits per heavy atom. The predicted octanol–water partition coefficient (Wildman–Crippen LogP) is 2.15. The van der Waals surface area contributed by atoms with Crippen LogP contribution >= 0.6 is 11.6 Å². The van der Waals surface area contributed by atoms with Crippen LogP contribution in [0.1, 0.15) is 26.7 Å². The Labute approximate surface area is 89.3 Å². The minimum Gasteiger partial charge on any atom is -0.355 e. The van der Waals surface area contributed by atoms with Gasteiger partial charge in [0.15, 0.2) is 5.82 Å². The molecular weight excluding hydrogens is 200 g/mol. The zero-order valence-electron chi connectivity index (χ0n) is 8.74. The van der Waals surface area contributed by atoms with Crippen molar-refractivity contribution in [3.8, 4) is 0 Å². The molecule has 0 aromatic carbocycles. The van der Waals surface area contributed by atoms with Gasteiger partial charge < -0.3 is 4.90 Å². The van der Waals surface area contributed by atoms with Crippen LogP contribution in [0.4, 0.5) is 5.82 Å². The molecule has 0 N–H and O–H groups in total. The van der Waals surface area contributed by atoms with E-state index in [1.807, 2.05) is 7.05 Å². The Balaban J connectivity index is 2.82. The number of anilines is 1. The van der Waals surface area contributed by atoms with Crippen molar-refractivity contribution in [2.24, 2.45) is 0 Å². The van der Waals surface area contributed by atoms with Crippen molar-refractivity contribution in [2.45, 2.75) is 32.7 Å². The van der Waals surface area contributed by atoms with Gasteiger partial charge in [-0.05, 0) is 24.4 Å². The first-order valence-corrected chi connectivity index (χ1v) is 5.14. The molecule has 0 aliphatic heterocycles. The standard InChI is InChI=1S/C9H15ClN4/c1-4-7(5-2)14(3)8-6-11-13-9(10)12-8/h6-7H,4-5H2,1-3H3. The molecule has 1 heterocycles. The first-order valence-electron chi connectivity index (χ1n) is 4.77. The number of hydrogen-bond acceptors (Lipinski definition) is 4. The lowest BCUT2D eigenvalue weighted by Crippen LogP contribution is -2.31. The molecule has 0 fully saturated rings. The average molecular weight is 215 g/mol. The quantitative estimate of drug-likeness (QED) is 0.770. The molecule has 0 saturated carbocycles. The monoisotopic (exact) mass is 214 g/mol. The molecule has 0 atom stereocenters. The normalized spacial score (nSPS) is 10.6. The summed E-state index contributed by atoms with van der Waals surface area (Å²) in [6, 6.07) is 0.475. The van der Waals surface area contributed by atoms with Crippen LogP contribution in [0.25, 0.3) is 0 Å². The van der Waals surface area contributed by atoms with E-state index in [4.69, 9.17) is 11.6 Å². The number of aromatic nitrogens is 3. The maximum Gasteiger partial charge on any atom is 0.244 e. The zero-order valence-corrected chi connectivity index (χ0v) is 9.49. The molecule has 0 unspecified atom stereocenters. The van der Waals surface area contributed by atoms with Gasteiger partial charge in [0.25, 0.3) is 0 Å². The summed E-state index contributed by atoms with van der Waals surface area (Å²) in [4.78, 5) is 6.19. The molecule has 0 radical (unpaired) electrons. The van der Waals surface area contributed by atoms with Crippen molar-refractivity contribution in [1.29, 1.82) is 0 Å². The molecule has 4 nitrogen and oxygen atoms in total. The van der Waals surface area contributed by atoms with E-state index in [0.717, 1.165) is 18.7 Å². The lowest BCUT2D eigenvalue weighted by molar-refractivity contribution is 0.585. The first kappa shape index (κ1) is 11.2. The largest absolute Gasteiger partial charge is 0.355 e. The molecule has 0 amide bonds. The van der Waals surface area contributed by atoms with E-state index in [1.54, 1.807) is 6.20 Å². The van der Waals surface area contributed by atoms with Gasteiger partial charge in [-0.1, -0.05) is 13.8 Å². The van der Waals surface area contributed by atoms with E-state index in [1.165, 1.54) is 0 Å². The molecule has 0 aliphatic carbocycles. The minimum absolute atomic E-state index is 0.195. The summed E-state index contributed by atoms with van der Waals surface area (Å²) < 4.78 is 0. The second-order valence-corrected chi connectivity index (χ2v) is 3.50. The average Bonchev–Trinajstić information content (AvgIpc) is 2.19. The molecule has 1 aromatic heterocycles. The molecule has 0 aliphatic rings. The summed E-state index contributed by atoms with van der Waals surface area (Å²) in [5, 5.41) is 7.58. The number of hydrogen-bond donors (Lipinski definition) is 0. The van der Waals surface area contributed by atoms with Crippen LogP contribution in [-0.2, 0) is 0 Å². The van der Waals surface area contributed by atoms with Gasteiger partial charge in [0.1, 0.15) is 0 Å². The third-order valence-corrected chi connectivity index (χ3v) is 2.53. The van der Waals surface area contributed by atoms with Gasteiger partial charge in [-0.25, -0.2) is 0 Å². The topological polar surface area (TPSA) is 41.9 Å². The highest BCUT2D eigenvalue weighted by atomic mass is 35.5. The highest BCUT2D eigenvalue weighted by Gasteiger charge is 2.12. The van der Waals surface area contributed by atoms with Crippen LogP contribution in [-0.4, -0.2) is 28.3 Å². The van der Waals surface area contributed by atoms with E-state index in [2.05, 4.69) is 33.9 Å². The third-order valence-electron chi connectivity index (χ3n) is 2.37. The Morgan fingerprint density at radius 1 is 1.43 bits per heavy atom. The molecule has 1 rings (SSSR count). The van der Waals surface area contributed by atoms with Crippen LogP contribution < -0.4 is 4.90 Å². The van der Waals surface area contributed by atoms with E-state index >= 15 is 0 Å². The van der Waals surface area contributed by atoms with E-state index in [9.17, 15) is 0 Å². The van der Waals surface area contributed by atoms with Crippen molar-refractivity contribution in [3.05, 3.63) is 11.5 Å². The molecule has 1 aromatic rings. The molecule has 78 valence electrons. The maximum absolute atomic E-state index is 5.67. The predicted molar refractivity (Wildman–Crippen MR) is 57.6 cm³/mol. The van der Waals surface area contributed by atoms with Crippen molar-refractivity contribution in [1.82, 2.24) is 15.2 Å². The lowest BCUT2D eigenvalue weighted by atomic mass is 10.1. The van der Waals surface area contributed by atoms with Crippen LogP contribution in [0.2, 0.25) is 5.28 Å². The van der Waals surface area contributed by atoms with E-state index in [0.29, 0.717) is 6.04 Å². The summed E-state index contributed by atoms with van der Waals surface area (Å²) >= 11 is 5.67. The molecule has 14 heavy (non-hydrogen) atoms. The summed E-state index contributed by atoms with van der Waals surface area (Å²) in [5.41, 5.74) is 0. The lowest BCUT2D eigenvalue weighted by Gasteiger charge is -2.26. The second-order valence-electron chi connectivity index (χ2n) is 3.16. The first-order chi connectivity index (χ1) is 6.69. The second kappa shape index (κ2) is 5.10. The van der Waals surface area contributed by atoms with Gasteiger partial charge in [-0.15, -0.1) is 5.10 Å². The highest BCUT2D eigenvalue weighted by molar-refractivity contribution is 6.28.